The van der Waals surface area contributed by atoms with Gasteiger partial charge in [0.2, 0.25) is 0 Å². The van der Waals surface area contributed by atoms with Gasteiger partial charge in [-0.2, -0.15) is 18.3 Å². The fourth-order valence-electron chi connectivity index (χ4n) is 2.69. The second kappa shape index (κ2) is 7.36. The molecule has 0 bridgehead atoms. The molecule has 0 aliphatic rings. The Morgan fingerprint density at radius 2 is 1.96 bits per heavy atom. The maximum atomic E-state index is 13.0. The summed E-state index contributed by atoms with van der Waals surface area (Å²) in [5, 5.41) is 14.3. The van der Waals surface area contributed by atoms with Crippen molar-refractivity contribution in [2.75, 3.05) is 13.6 Å². The molecule has 24 heavy (non-hydrogen) atoms. The summed E-state index contributed by atoms with van der Waals surface area (Å²) in [5.41, 5.74) is 0.412. The summed E-state index contributed by atoms with van der Waals surface area (Å²) in [6.45, 7) is 2.23. The lowest BCUT2D eigenvalue weighted by atomic mass is 10.0. The van der Waals surface area contributed by atoms with Crippen LogP contribution in [0, 0.1) is 0 Å². The van der Waals surface area contributed by atoms with Gasteiger partial charge in [0.25, 0.3) is 0 Å². The standard InChI is InChI=1S/C17H22F3N3O/c1-12(14-9-21-23(3)10-14)22(2)11-15(24)8-13-6-4-5-7-16(13)17(18,19)20/h4-7,9-10,12,15,24H,8,11H2,1-3H3. The number of alkyl halides is 3. The number of aromatic nitrogens is 2. The summed E-state index contributed by atoms with van der Waals surface area (Å²) in [6.07, 6.45) is -1.72. The van der Waals surface area contributed by atoms with E-state index in [1.54, 1.807) is 16.9 Å². The quantitative estimate of drug-likeness (QED) is 0.878. The summed E-state index contributed by atoms with van der Waals surface area (Å²) >= 11 is 0. The monoisotopic (exact) mass is 341 g/mol. The third kappa shape index (κ3) is 4.58. The van der Waals surface area contributed by atoms with E-state index in [-0.39, 0.29) is 24.6 Å². The highest BCUT2D eigenvalue weighted by molar-refractivity contribution is 5.30. The minimum absolute atomic E-state index is 0.00575. The first-order valence-corrected chi connectivity index (χ1v) is 7.70. The molecule has 1 heterocycles. The van der Waals surface area contributed by atoms with Crippen molar-refractivity contribution < 1.29 is 18.3 Å². The van der Waals surface area contributed by atoms with Crippen LogP contribution in [0.15, 0.2) is 36.7 Å². The topological polar surface area (TPSA) is 41.3 Å². The molecule has 0 spiro atoms. The first-order valence-electron chi connectivity index (χ1n) is 7.70. The highest BCUT2D eigenvalue weighted by atomic mass is 19.4. The highest BCUT2D eigenvalue weighted by Crippen LogP contribution is 2.32. The molecule has 7 heteroatoms. The van der Waals surface area contributed by atoms with Crippen molar-refractivity contribution in [3.05, 3.63) is 53.3 Å². The molecule has 1 aromatic heterocycles. The van der Waals surface area contributed by atoms with Crippen LogP contribution in [0.2, 0.25) is 0 Å². The van der Waals surface area contributed by atoms with Crippen LogP contribution in [0.25, 0.3) is 0 Å². The number of halogens is 3. The number of aliphatic hydroxyl groups excluding tert-OH is 1. The van der Waals surface area contributed by atoms with Crippen LogP contribution in [0.5, 0.6) is 0 Å². The predicted octanol–water partition coefficient (Wildman–Crippen LogP) is 3.04. The molecular formula is C17H22F3N3O. The van der Waals surface area contributed by atoms with Gasteiger partial charge < -0.3 is 5.11 Å². The minimum Gasteiger partial charge on any atom is -0.391 e. The molecular weight excluding hydrogens is 319 g/mol. The summed E-state index contributed by atoms with van der Waals surface area (Å²) in [4.78, 5) is 1.90. The molecule has 0 fully saturated rings. The SMILES string of the molecule is CC(c1cnn(C)c1)N(C)CC(O)Cc1ccccc1C(F)(F)F. The van der Waals surface area contributed by atoms with Crippen LogP contribution < -0.4 is 0 Å². The third-order valence-electron chi connectivity index (χ3n) is 4.15. The van der Waals surface area contributed by atoms with Gasteiger partial charge in [0, 0.05) is 37.8 Å². The van der Waals surface area contributed by atoms with Crippen LogP contribution in [0.4, 0.5) is 13.2 Å². The Labute approximate surface area is 139 Å². The van der Waals surface area contributed by atoms with Gasteiger partial charge >= 0.3 is 6.18 Å². The predicted molar refractivity (Wildman–Crippen MR) is 85.4 cm³/mol. The zero-order valence-electron chi connectivity index (χ0n) is 14.0. The zero-order valence-corrected chi connectivity index (χ0v) is 14.0. The van der Waals surface area contributed by atoms with E-state index < -0.39 is 17.8 Å². The lowest BCUT2D eigenvalue weighted by Gasteiger charge is -2.26. The number of hydrogen-bond acceptors (Lipinski definition) is 3. The van der Waals surface area contributed by atoms with Crippen molar-refractivity contribution in [2.45, 2.75) is 31.7 Å². The highest BCUT2D eigenvalue weighted by Gasteiger charge is 2.33. The van der Waals surface area contributed by atoms with Crippen molar-refractivity contribution in [3.8, 4) is 0 Å². The molecule has 2 rings (SSSR count). The molecule has 2 unspecified atom stereocenters. The van der Waals surface area contributed by atoms with E-state index in [4.69, 9.17) is 0 Å². The first-order chi connectivity index (χ1) is 11.2. The van der Waals surface area contributed by atoms with E-state index in [9.17, 15) is 18.3 Å². The minimum atomic E-state index is -4.41. The second-order valence-electron chi connectivity index (χ2n) is 6.08. The summed E-state index contributed by atoms with van der Waals surface area (Å²) < 4.78 is 40.7. The molecule has 1 aromatic carbocycles. The number of aryl methyl sites for hydroxylation is 1. The molecule has 2 aromatic rings. The summed E-state index contributed by atoms with van der Waals surface area (Å²) in [7, 11) is 3.65. The van der Waals surface area contributed by atoms with Gasteiger partial charge in [0.05, 0.1) is 17.9 Å². The van der Waals surface area contributed by atoms with Crippen LogP contribution >= 0.6 is 0 Å². The van der Waals surface area contributed by atoms with Gasteiger partial charge in [-0.05, 0) is 25.6 Å². The normalized spacial score (nSPS) is 14.8. The molecule has 0 radical (unpaired) electrons. The smallest absolute Gasteiger partial charge is 0.391 e. The van der Waals surface area contributed by atoms with Gasteiger partial charge in [0.1, 0.15) is 0 Å². The van der Waals surface area contributed by atoms with Crippen molar-refractivity contribution >= 4 is 0 Å². The van der Waals surface area contributed by atoms with E-state index in [1.165, 1.54) is 12.1 Å². The van der Waals surface area contributed by atoms with E-state index in [2.05, 4.69) is 5.10 Å². The average molecular weight is 341 g/mol. The molecule has 4 nitrogen and oxygen atoms in total. The van der Waals surface area contributed by atoms with Gasteiger partial charge in [-0.1, -0.05) is 18.2 Å². The average Bonchev–Trinajstić information content (AvgIpc) is 2.92. The largest absolute Gasteiger partial charge is 0.416 e. The van der Waals surface area contributed by atoms with Gasteiger partial charge in [-0.3, -0.25) is 9.58 Å². The lowest BCUT2D eigenvalue weighted by Crippen LogP contribution is -2.32. The molecule has 0 saturated carbocycles. The fourth-order valence-corrected chi connectivity index (χ4v) is 2.69. The Kier molecular flexibility index (Phi) is 5.66. The first kappa shape index (κ1) is 18.5. The fraction of sp³-hybridized carbons (Fsp3) is 0.471. The molecule has 0 saturated heterocycles. The number of aliphatic hydroxyl groups is 1. The van der Waals surface area contributed by atoms with Crippen LogP contribution in [-0.2, 0) is 19.6 Å². The lowest BCUT2D eigenvalue weighted by molar-refractivity contribution is -0.138. The van der Waals surface area contributed by atoms with Crippen molar-refractivity contribution in [3.63, 3.8) is 0 Å². The van der Waals surface area contributed by atoms with E-state index in [0.717, 1.165) is 11.6 Å². The molecule has 0 aliphatic carbocycles. The number of hydrogen-bond donors (Lipinski definition) is 1. The third-order valence-corrected chi connectivity index (χ3v) is 4.15. The summed E-state index contributed by atoms with van der Waals surface area (Å²) in [5.74, 6) is 0. The van der Waals surface area contributed by atoms with Crippen molar-refractivity contribution in [1.29, 1.82) is 0 Å². The number of likely N-dealkylation sites (N-methyl/N-ethyl adjacent to an activating group) is 1. The maximum Gasteiger partial charge on any atom is 0.416 e. The Balaban J connectivity index is 2.02. The molecule has 1 N–H and O–H groups in total. The van der Waals surface area contributed by atoms with E-state index in [1.807, 2.05) is 32.1 Å². The Morgan fingerprint density at radius 1 is 1.29 bits per heavy atom. The Bertz CT molecular complexity index is 669. The summed E-state index contributed by atoms with van der Waals surface area (Å²) in [6, 6.07) is 5.38. The number of rotatable bonds is 6. The second-order valence-corrected chi connectivity index (χ2v) is 6.08. The van der Waals surface area contributed by atoms with Gasteiger partial charge in [-0.25, -0.2) is 0 Å². The molecule has 0 amide bonds. The molecule has 132 valence electrons. The zero-order chi connectivity index (χ0) is 17.9. The Hall–Kier alpha value is -1.86. The van der Waals surface area contributed by atoms with Crippen molar-refractivity contribution in [2.24, 2.45) is 7.05 Å². The van der Waals surface area contributed by atoms with Crippen LogP contribution in [-0.4, -0.2) is 39.5 Å². The van der Waals surface area contributed by atoms with Crippen LogP contribution in [0.1, 0.15) is 29.7 Å². The van der Waals surface area contributed by atoms with Crippen LogP contribution in [0.3, 0.4) is 0 Å². The maximum absolute atomic E-state index is 13.0. The molecule has 0 aliphatic heterocycles. The van der Waals surface area contributed by atoms with Gasteiger partial charge in [-0.15, -0.1) is 0 Å². The van der Waals surface area contributed by atoms with E-state index in [0.29, 0.717) is 0 Å². The molecule has 2 atom stereocenters. The Morgan fingerprint density at radius 3 is 2.54 bits per heavy atom. The van der Waals surface area contributed by atoms with Gasteiger partial charge in [0.15, 0.2) is 0 Å². The van der Waals surface area contributed by atoms with Crippen molar-refractivity contribution in [1.82, 2.24) is 14.7 Å². The van der Waals surface area contributed by atoms with E-state index >= 15 is 0 Å². The number of nitrogens with zero attached hydrogens (tertiary/aromatic N) is 3. The number of benzene rings is 1.